The summed E-state index contributed by atoms with van der Waals surface area (Å²) in [7, 11) is 0. The Bertz CT molecular complexity index is 353. The van der Waals surface area contributed by atoms with Gasteiger partial charge < -0.3 is 9.73 Å². The van der Waals surface area contributed by atoms with Crippen LogP contribution in [0.5, 0.6) is 0 Å². The lowest BCUT2D eigenvalue weighted by molar-refractivity contribution is 0.387. The highest BCUT2D eigenvalue weighted by atomic mass is 16.3. The highest BCUT2D eigenvalue weighted by molar-refractivity contribution is 5.02. The lowest BCUT2D eigenvalue weighted by Gasteiger charge is -2.20. The van der Waals surface area contributed by atoms with Crippen LogP contribution in [0.2, 0.25) is 0 Å². The Morgan fingerprint density at radius 1 is 1.62 bits per heavy atom. The second kappa shape index (κ2) is 5.18. The summed E-state index contributed by atoms with van der Waals surface area (Å²) < 4.78 is 5.32. The number of nitrogens with one attached hydrogen (secondary N) is 1. The summed E-state index contributed by atoms with van der Waals surface area (Å²) in [6, 6.07) is 7.04. The molecule has 3 nitrogen and oxygen atoms in total. The molecule has 0 aromatic carbocycles. The first-order valence-electron chi connectivity index (χ1n) is 5.97. The van der Waals surface area contributed by atoms with E-state index in [0.717, 1.165) is 25.0 Å². The monoisotopic (exact) mass is 218 g/mol. The fourth-order valence-corrected chi connectivity index (χ4v) is 2.47. The van der Waals surface area contributed by atoms with E-state index >= 15 is 0 Å². The first-order chi connectivity index (χ1) is 7.79. The van der Waals surface area contributed by atoms with Crippen molar-refractivity contribution in [3.8, 4) is 6.07 Å². The molecule has 1 aromatic rings. The Kier molecular flexibility index (Phi) is 3.63. The van der Waals surface area contributed by atoms with Crippen molar-refractivity contribution in [2.24, 2.45) is 5.92 Å². The zero-order valence-corrected chi connectivity index (χ0v) is 9.65. The topological polar surface area (TPSA) is 49.0 Å². The van der Waals surface area contributed by atoms with Gasteiger partial charge in [-0.05, 0) is 31.9 Å². The molecule has 1 heterocycles. The number of hydrogen-bond donors (Lipinski definition) is 1. The van der Waals surface area contributed by atoms with E-state index in [-0.39, 0.29) is 5.92 Å². The summed E-state index contributed by atoms with van der Waals surface area (Å²) in [5.41, 5.74) is 0. The molecule has 0 saturated heterocycles. The minimum absolute atomic E-state index is 0.194. The summed E-state index contributed by atoms with van der Waals surface area (Å²) in [5, 5.41) is 12.5. The second-order valence-electron chi connectivity index (χ2n) is 4.62. The minimum Gasteiger partial charge on any atom is -0.469 e. The summed E-state index contributed by atoms with van der Waals surface area (Å²) in [6.45, 7) is 2.15. The molecule has 2 rings (SSSR count). The zero-order chi connectivity index (χ0) is 11.4. The molecule has 0 spiro atoms. The summed E-state index contributed by atoms with van der Waals surface area (Å²) >= 11 is 0. The van der Waals surface area contributed by atoms with E-state index in [9.17, 15) is 0 Å². The smallest absolute Gasteiger partial charge is 0.105 e. The molecule has 1 aromatic heterocycles. The Balaban J connectivity index is 1.83. The van der Waals surface area contributed by atoms with Gasteiger partial charge >= 0.3 is 0 Å². The van der Waals surface area contributed by atoms with Gasteiger partial charge in [-0.2, -0.15) is 5.26 Å². The number of hydrogen-bond acceptors (Lipinski definition) is 3. The van der Waals surface area contributed by atoms with Crippen LogP contribution in [0.3, 0.4) is 0 Å². The first kappa shape index (κ1) is 11.2. The third-order valence-corrected chi connectivity index (χ3v) is 3.27. The molecule has 86 valence electrons. The molecule has 3 atom stereocenters. The SMILES string of the molecule is CC(Cc1ccco1)NC1CCCC1C#N. The summed E-state index contributed by atoms with van der Waals surface area (Å²) in [6.07, 6.45) is 5.93. The quantitative estimate of drug-likeness (QED) is 0.844. The Morgan fingerprint density at radius 3 is 3.19 bits per heavy atom. The number of nitrogens with zero attached hydrogens (tertiary/aromatic N) is 1. The van der Waals surface area contributed by atoms with Crippen LogP contribution in [0.15, 0.2) is 22.8 Å². The molecule has 0 amide bonds. The third kappa shape index (κ3) is 2.65. The van der Waals surface area contributed by atoms with Gasteiger partial charge in [0, 0.05) is 18.5 Å². The Morgan fingerprint density at radius 2 is 2.50 bits per heavy atom. The van der Waals surface area contributed by atoms with Gasteiger partial charge in [0.15, 0.2) is 0 Å². The average Bonchev–Trinajstić information content (AvgIpc) is 2.88. The molecule has 1 N–H and O–H groups in total. The van der Waals surface area contributed by atoms with Crippen molar-refractivity contribution in [3.63, 3.8) is 0 Å². The largest absolute Gasteiger partial charge is 0.469 e. The van der Waals surface area contributed by atoms with Crippen LogP contribution < -0.4 is 5.32 Å². The van der Waals surface area contributed by atoms with E-state index < -0.39 is 0 Å². The van der Waals surface area contributed by atoms with Crippen molar-refractivity contribution in [1.82, 2.24) is 5.32 Å². The molecular formula is C13H18N2O. The van der Waals surface area contributed by atoms with Crippen LogP contribution in [0.1, 0.15) is 31.9 Å². The summed E-state index contributed by atoms with van der Waals surface area (Å²) in [4.78, 5) is 0. The predicted molar refractivity (Wildman–Crippen MR) is 61.8 cm³/mol. The number of furan rings is 1. The van der Waals surface area contributed by atoms with Crippen LogP contribution in [-0.4, -0.2) is 12.1 Å². The minimum atomic E-state index is 0.194. The Hall–Kier alpha value is -1.27. The number of rotatable bonds is 4. The highest BCUT2D eigenvalue weighted by Crippen LogP contribution is 2.25. The fourth-order valence-electron chi connectivity index (χ4n) is 2.47. The molecule has 1 aliphatic carbocycles. The predicted octanol–water partition coefficient (Wildman–Crippen LogP) is 2.49. The molecule has 1 aliphatic rings. The van der Waals surface area contributed by atoms with E-state index in [1.165, 1.54) is 6.42 Å². The zero-order valence-electron chi connectivity index (χ0n) is 9.65. The molecule has 3 unspecified atom stereocenters. The van der Waals surface area contributed by atoms with Crippen molar-refractivity contribution >= 4 is 0 Å². The van der Waals surface area contributed by atoms with Crippen LogP contribution >= 0.6 is 0 Å². The van der Waals surface area contributed by atoms with Crippen LogP contribution in [-0.2, 0) is 6.42 Å². The van der Waals surface area contributed by atoms with E-state index in [1.807, 2.05) is 12.1 Å². The van der Waals surface area contributed by atoms with Gasteiger partial charge in [-0.25, -0.2) is 0 Å². The normalized spacial score (nSPS) is 26.5. The van der Waals surface area contributed by atoms with Gasteiger partial charge in [-0.3, -0.25) is 0 Å². The fraction of sp³-hybridized carbons (Fsp3) is 0.615. The maximum atomic E-state index is 9.00. The molecule has 1 fully saturated rings. The lowest BCUT2D eigenvalue weighted by Crippen LogP contribution is -2.39. The maximum absolute atomic E-state index is 9.00. The van der Waals surface area contributed by atoms with Crippen molar-refractivity contribution in [2.45, 2.75) is 44.7 Å². The second-order valence-corrected chi connectivity index (χ2v) is 4.62. The van der Waals surface area contributed by atoms with Gasteiger partial charge in [0.25, 0.3) is 0 Å². The van der Waals surface area contributed by atoms with Gasteiger partial charge in [0.1, 0.15) is 5.76 Å². The van der Waals surface area contributed by atoms with Crippen molar-refractivity contribution in [2.75, 3.05) is 0 Å². The Labute approximate surface area is 96.4 Å². The van der Waals surface area contributed by atoms with Gasteiger partial charge in [-0.1, -0.05) is 6.42 Å². The average molecular weight is 218 g/mol. The first-order valence-corrected chi connectivity index (χ1v) is 5.97. The van der Waals surface area contributed by atoms with Crippen LogP contribution in [0.4, 0.5) is 0 Å². The molecule has 3 heteroatoms. The van der Waals surface area contributed by atoms with Crippen LogP contribution in [0.25, 0.3) is 0 Å². The molecule has 0 aliphatic heterocycles. The molecule has 0 bridgehead atoms. The van der Waals surface area contributed by atoms with E-state index in [2.05, 4.69) is 18.3 Å². The maximum Gasteiger partial charge on any atom is 0.105 e. The van der Waals surface area contributed by atoms with Crippen molar-refractivity contribution in [3.05, 3.63) is 24.2 Å². The molecule has 16 heavy (non-hydrogen) atoms. The lowest BCUT2D eigenvalue weighted by atomic mass is 10.0. The van der Waals surface area contributed by atoms with E-state index in [4.69, 9.17) is 9.68 Å². The molecule has 1 saturated carbocycles. The van der Waals surface area contributed by atoms with E-state index in [1.54, 1.807) is 6.26 Å². The third-order valence-electron chi connectivity index (χ3n) is 3.27. The highest BCUT2D eigenvalue weighted by Gasteiger charge is 2.27. The molecule has 0 radical (unpaired) electrons. The van der Waals surface area contributed by atoms with Crippen molar-refractivity contribution < 1.29 is 4.42 Å². The number of nitriles is 1. The molecular weight excluding hydrogens is 200 g/mol. The standard InChI is InChI=1S/C13H18N2O/c1-10(8-12-5-3-7-16-12)15-13-6-2-4-11(13)9-14/h3,5,7,10-11,13,15H,2,4,6,8H2,1H3. The van der Waals surface area contributed by atoms with E-state index in [0.29, 0.717) is 12.1 Å². The summed E-state index contributed by atoms with van der Waals surface area (Å²) in [5.74, 6) is 1.20. The van der Waals surface area contributed by atoms with Gasteiger partial charge in [0.2, 0.25) is 0 Å². The van der Waals surface area contributed by atoms with Crippen LogP contribution in [0, 0.1) is 17.2 Å². The van der Waals surface area contributed by atoms with Crippen molar-refractivity contribution in [1.29, 1.82) is 5.26 Å². The van der Waals surface area contributed by atoms with Gasteiger partial charge in [-0.15, -0.1) is 0 Å². The van der Waals surface area contributed by atoms with Gasteiger partial charge in [0.05, 0.1) is 18.3 Å².